The van der Waals surface area contributed by atoms with Crippen molar-refractivity contribution in [3.05, 3.63) is 41.2 Å². The van der Waals surface area contributed by atoms with Crippen LogP contribution >= 0.6 is 11.6 Å². The number of ether oxygens (including phenoxy) is 1. The number of rotatable bonds is 5. The lowest BCUT2D eigenvalue weighted by Crippen LogP contribution is -2.05. The second kappa shape index (κ2) is 5.75. The molecule has 1 aromatic heterocycles. The Balaban J connectivity index is 2.37. The molecule has 0 radical (unpaired) electrons. The highest BCUT2D eigenvalue weighted by molar-refractivity contribution is 6.30. The van der Waals surface area contributed by atoms with E-state index in [0.29, 0.717) is 23.1 Å². The Bertz CT molecular complexity index is 595. The molecule has 0 spiro atoms. The Morgan fingerprint density at radius 3 is 3.00 bits per heavy atom. The maximum Gasteiger partial charge on any atom is 0.337 e. The lowest BCUT2D eigenvalue weighted by molar-refractivity contribution is 0.0696. The number of carboxylic acid groups (broad SMARTS) is 1. The van der Waals surface area contributed by atoms with Crippen molar-refractivity contribution < 1.29 is 14.6 Å². The van der Waals surface area contributed by atoms with Gasteiger partial charge in [0.05, 0.1) is 30.3 Å². The van der Waals surface area contributed by atoms with E-state index >= 15 is 0 Å². The molecule has 2 rings (SSSR count). The van der Waals surface area contributed by atoms with Gasteiger partial charge >= 0.3 is 5.97 Å². The number of halogens is 1. The molecule has 0 aliphatic rings. The smallest absolute Gasteiger partial charge is 0.337 e. The molecular weight excluding hydrogens is 268 g/mol. The second-order valence-corrected chi connectivity index (χ2v) is 4.37. The molecule has 1 N–H and O–H groups in total. The standard InChI is InChI=1S/C13H13ClN2O3/c1-2-5-19-10-7-15-16(8-10)12-6-9(14)3-4-11(12)13(17)18/h3-4,6-8H,2,5H2,1H3,(H,17,18). The lowest BCUT2D eigenvalue weighted by Gasteiger charge is -2.06. The predicted octanol–water partition coefficient (Wildman–Crippen LogP) is 3.01. The van der Waals surface area contributed by atoms with E-state index in [0.717, 1.165) is 6.42 Å². The molecule has 1 aromatic carbocycles. The zero-order valence-electron chi connectivity index (χ0n) is 10.3. The normalized spacial score (nSPS) is 10.4. The van der Waals surface area contributed by atoms with Gasteiger partial charge < -0.3 is 9.84 Å². The van der Waals surface area contributed by atoms with Crippen LogP contribution in [0.2, 0.25) is 5.02 Å². The van der Waals surface area contributed by atoms with Gasteiger partial charge in [-0.1, -0.05) is 18.5 Å². The topological polar surface area (TPSA) is 64.4 Å². The minimum Gasteiger partial charge on any atom is -0.490 e. The Hall–Kier alpha value is -2.01. The third kappa shape index (κ3) is 3.06. The van der Waals surface area contributed by atoms with E-state index in [-0.39, 0.29) is 5.56 Å². The van der Waals surface area contributed by atoms with Crippen molar-refractivity contribution in [2.24, 2.45) is 0 Å². The monoisotopic (exact) mass is 280 g/mol. The summed E-state index contributed by atoms with van der Waals surface area (Å²) in [7, 11) is 0. The van der Waals surface area contributed by atoms with E-state index in [1.54, 1.807) is 18.5 Å². The summed E-state index contributed by atoms with van der Waals surface area (Å²) in [5.74, 6) is -0.434. The molecule has 1 heterocycles. The number of hydrogen-bond donors (Lipinski definition) is 1. The fraction of sp³-hybridized carbons (Fsp3) is 0.231. The second-order valence-electron chi connectivity index (χ2n) is 3.94. The number of hydrogen-bond acceptors (Lipinski definition) is 3. The molecule has 6 heteroatoms. The first-order chi connectivity index (χ1) is 9.11. The van der Waals surface area contributed by atoms with E-state index in [2.05, 4.69) is 5.10 Å². The van der Waals surface area contributed by atoms with Crippen LogP contribution in [-0.4, -0.2) is 27.5 Å². The molecule has 0 aliphatic heterocycles. The van der Waals surface area contributed by atoms with E-state index < -0.39 is 5.97 Å². The van der Waals surface area contributed by atoms with Crippen LogP contribution in [0.3, 0.4) is 0 Å². The van der Waals surface area contributed by atoms with Crippen molar-refractivity contribution >= 4 is 17.6 Å². The quantitative estimate of drug-likeness (QED) is 0.914. The molecule has 2 aromatic rings. The Labute approximate surface area is 115 Å². The van der Waals surface area contributed by atoms with Gasteiger partial charge in [-0.3, -0.25) is 0 Å². The molecular formula is C13H13ClN2O3. The number of aromatic carboxylic acids is 1. The van der Waals surface area contributed by atoms with Crippen LogP contribution in [0.5, 0.6) is 5.75 Å². The van der Waals surface area contributed by atoms with Crippen LogP contribution in [0.1, 0.15) is 23.7 Å². The molecule has 5 nitrogen and oxygen atoms in total. The molecule has 19 heavy (non-hydrogen) atoms. The van der Waals surface area contributed by atoms with Gasteiger partial charge in [-0.2, -0.15) is 5.10 Å². The van der Waals surface area contributed by atoms with Crippen LogP contribution < -0.4 is 4.74 Å². The summed E-state index contributed by atoms with van der Waals surface area (Å²) in [5.41, 5.74) is 0.542. The molecule has 0 unspecified atom stereocenters. The van der Waals surface area contributed by atoms with Gasteiger partial charge in [-0.15, -0.1) is 0 Å². The lowest BCUT2D eigenvalue weighted by atomic mass is 10.2. The predicted molar refractivity (Wildman–Crippen MR) is 71.3 cm³/mol. The van der Waals surface area contributed by atoms with Crippen LogP contribution in [-0.2, 0) is 0 Å². The number of benzene rings is 1. The molecule has 0 atom stereocenters. The van der Waals surface area contributed by atoms with E-state index in [1.807, 2.05) is 6.92 Å². The molecule has 0 fully saturated rings. The molecule has 100 valence electrons. The zero-order chi connectivity index (χ0) is 13.8. The maximum absolute atomic E-state index is 11.2. The number of carbonyl (C=O) groups is 1. The summed E-state index contributed by atoms with van der Waals surface area (Å²) in [6, 6.07) is 4.54. The molecule has 0 aliphatic carbocycles. The third-order valence-corrected chi connectivity index (χ3v) is 2.70. The largest absolute Gasteiger partial charge is 0.490 e. The SMILES string of the molecule is CCCOc1cnn(-c2cc(Cl)ccc2C(=O)O)c1. The zero-order valence-corrected chi connectivity index (χ0v) is 11.1. The van der Waals surface area contributed by atoms with E-state index in [9.17, 15) is 4.79 Å². The van der Waals surface area contributed by atoms with Crippen LogP contribution in [0.25, 0.3) is 5.69 Å². The summed E-state index contributed by atoms with van der Waals surface area (Å²) >= 11 is 5.90. The van der Waals surface area contributed by atoms with Crippen molar-refractivity contribution in [1.82, 2.24) is 9.78 Å². The molecule has 0 saturated carbocycles. The Morgan fingerprint density at radius 1 is 1.53 bits per heavy atom. The first kappa shape index (κ1) is 13.4. The fourth-order valence-corrected chi connectivity index (χ4v) is 1.77. The highest BCUT2D eigenvalue weighted by Gasteiger charge is 2.13. The van der Waals surface area contributed by atoms with Gasteiger partial charge in [0, 0.05) is 5.02 Å². The summed E-state index contributed by atoms with van der Waals surface area (Å²) in [4.78, 5) is 11.2. The first-order valence-corrected chi connectivity index (χ1v) is 6.20. The van der Waals surface area contributed by atoms with Crippen LogP contribution in [0, 0.1) is 0 Å². The van der Waals surface area contributed by atoms with Gasteiger partial charge in [0.25, 0.3) is 0 Å². The minimum absolute atomic E-state index is 0.134. The molecule has 0 saturated heterocycles. The van der Waals surface area contributed by atoms with Crippen molar-refractivity contribution in [3.8, 4) is 11.4 Å². The summed E-state index contributed by atoms with van der Waals surface area (Å²) in [6.45, 7) is 2.59. The molecule has 0 amide bonds. The van der Waals surface area contributed by atoms with Crippen molar-refractivity contribution in [2.45, 2.75) is 13.3 Å². The third-order valence-electron chi connectivity index (χ3n) is 2.47. The summed E-state index contributed by atoms with van der Waals surface area (Å²) in [6.07, 6.45) is 4.07. The van der Waals surface area contributed by atoms with Crippen molar-refractivity contribution in [3.63, 3.8) is 0 Å². The van der Waals surface area contributed by atoms with Crippen LogP contribution in [0.15, 0.2) is 30.6 Å². The summed E-state index contributed by atoms with van der Waals surface area (Å²) < 4.78 is 6.87. The Kier molecular flexibility index (Phi) is 4.06. The van der Waals surface area contributed by atoms with Gasteiger partial charge in [-0.05, 0) is 24.6 Å². The number of carboxylic acids is 1. The van der Waals surface area contributed by atoms with Gasteiger partial charge in [0.1, 0.15) is 0 Å². The highest BCUT2D eigenvalue weighted by atomic mass is 35.5. The Morgan fingerprint density at radius 2 is 2.32 bits per heavy atom. The maximum atomic E-state index is 11.2. The average Bonchev–Trinajstić information content (AvgIpc) is 2.84. The van der Waals surface area contributed by atoms with E-state index in [4.69, 9.17) is 21.4 Å². The van der Waals surface area contributed by atoms with Gasteiger partial charge in [-0.25, -0.2) is 9.48 Å². The van der Waals surface area contributed by atoms with Crippen molar-refractivity contribution in [2.75, 3.05) is 6.61 Å². The summed E-state index contributed by atoms with van der Waals surface area (Å²) in [5, 5.41) is 13.7. The fourth-order valence-electron chi connectivity index (χ4n) is 1.61. The molecule has 0 bridgehead atoms. The average molecular weight is 281 g/mol. The van der Waals surface area contributed by atoms with Crippen molar-refractivity contribution in [1.29, 1.82) is 0 Å². The van der Waals surface area contributed by atoms with E-state index in [1.165, 1.54) is 16.8 Å². The minimum atomic E-state index is -1.03. The van der Waals surface area contributed by atoms with Gasteiger partial charge in [0.2, 0.25) is 0 Å². The highest BCUT2D eigenvalue weighted by Crippen LogP contribution is 2.21. The first-order valence-electron chi connectivity index (χ1n) is 5.82. The van der Waals surface area contributed by atoms with Gasteiger partial charge in [0.15, 0.2) is 5.75 Å². The number of aromatic nitrogens is 2. The van der Waals surface area contributed by atoms with Crippen LogP contribution in [0.4, 0.5) is 0 Å². The number of nitrogens with zero attached hydrogens (tertiary/aromatic N) is 2.